The van der Waals surface area contributed by atoms with Gasteiger partial charge in [0.25, 0.3) is 0 Å². The van der Waals surface area contributed by atoms with Crippen molar-refractivity contribution in [1.29, 1.82) is 0 Å². The van der Waals surface area contributed by atoms with Crippen molar-refractivity contribution < 1.29 is 9.13 Å². The highest BCUT2D eigenvalue weighted by Gasteiger charge is 2.13. The van der Waals surface area contributed by atoms with E-state index in [0.29, 0.717) is 17.9 Å². The highest BCUT2D eigenvalue weighted by molar-refractivity contribution is 5.21. The van der Waals surface area contributed by atoms with Gasteiger partial charge < -0.3 is 10.1 Å². The van der Waals surface area contributed by atoms with E-state index in [1.165, 1.54) is 6.07 Å². The van der Waals surface area contributed by atoms with E-state index in [2.05, 4.69) is 33.0 Å². The molecule has 2 nitrogen and oxygen atoms in total. The first kappa shape index (κ1) is 18.1. The second-order valence-electron chi connectivity index (χ2n) is 6.40. The van der Waals surface area contributed by atoms with Crippen LogP contribution in [0, 0.1) is 11.7 Å². The van der Waals surface area contributed by atoms with Crippen LogP contribution in [0.2, 0.25) is 0 Å². The Morgan fingerprint density at radius 2 is 1.81 bits per heavy atom. The van der Waals surface area contributed by atoms with E-state index in [4.69, 9.17) is 4.74 Å². The van der Waals surface area contributed by atoms with Gasteiger partial charge in [-0.2, -0.15) is 0 Å². The van der Waals surface area contributed by atoms with Crippen LogP contribution < -0.4 is 5.32 Å². The van der Waals surface area contributed by atoms with Crippen LogP contribution in [0.3, 0.4) is 0 Å². The van der Waals surface area contributed by atoms with E-state index >= 15 is 0 Å². The lowest BCUT2D eigenvalue weighted by Gasteiger charge is -2.20. The Hall–Kier alpha value is -0.930. The van der Waals surface area contributed by atoms with Gasteiger partial charge in [-0.3, -0.25) is 0 Å². The zero-order valence-electron chi connectivity index (χ0n) is 13.9. The third-order valence-electron chi connectivity index (χ3n) is 3.54. The number of nitrogens with one attached hydrogen (secondary N) is 1. The first-order valence-electron chi connectivity index (χ1n) is 8.05. The summed E-state index contributed by atoms with van der Waals surface area (Å²) in [5, 5.41) is 3.44. The predicted octanol–water partition coefficient (Wildman–Crippen LogP) is 4.36. The second-order valence-corrected chi connectivity index (χ2v) is 6.40. The van der Waals surface area contributed by atoms with Gasteiger partial charge in [-0.1, -0.05) is 39.8 Å². The summed E-state index contributed by atoms with van der Waals surface area (Å²) in [6, 6.07) is 7.36. The van der Waals surface area contributed by atoms with Crippen molar-refractivity contribution in [2.75, 3.05) is 19.8 Å². The first-order valence-corrected chi connectivity index (χ1v) is 8.05. The van der Waals surface area contributed by atoms with Gasteiger partial charge in [0, 0.05) is 25.8 Å². The van der Waals surface area contributed by atoms with Gasteiger partial charge >= 0.3 is 0 Å². The molecule has 0 radical (unpaired) electrons. The average Bonchev–Trinajstić information content (AvgIpc) is 2.41. The Kier molecular flexibility index (Phi) is 8.55. The second kappa shape index (κ2) is 9.91. The van der Waals surface area contributed by atoms with Gasteiger partial charge in [-0.15, -0.1) is 0 Å². The smallest absolute Gasteiger partial charge is 0.123 e. The molecule has 1 rings (SSSR count). The Morgan fingerprint density at radius 1 is 1.10 bits per heavy atom. The highest BCUT2D eigenvalue weighted by Crippen LogP contribution is 2.20. The Morgan fingerprint density at radius 3 is 2.43 bits per heavy atom. The van der Waals surface area contributed by atoms with Crippen LogP contribution in [-0.2, 0) is 4.74 Å². The normalized spacial score (nSPS) is 13.1. The summed E-state index contributed by atoms with van der Waals surface area (Å²) < 4.78 is 19.1. The molecule has 1 aromatic rings. The van der Waals surface area contributed by atoms with E-state index in [9.17, 15) is 4.39 Å². The van der Waals surface area contributed by atoms with E-state index in [-0.39, 0.29) is 5.82 Å². The molecule has 0 bridgehead atoms. The van der Waals surface area contributed by atoms with Crippen LogP contribution in [0.25, 0.3) is 0 Å². The predicted molar refractivity (Wildman–Crippen MR) is 87.2 cm³/mol. The number of hydrogen-bond acceptors (Lipinski definition) is 2. The van der Waals surface area contributed by atoms with Gasteiger partial charge in [-0.25, -0.2) is 4.39 Å². The molecule has 0 fully saturated rings. The lowest BCUT2D eigenvalue weighted by molar-refractivity contribution is 0.116. The molecule has 1 aromatic carbocycles. The quantitative estimate of drug-likeness (QED) is 0.648. The molecule has 21 heavy (non-hydrogen) atoms. The molecular weight excluding hydrogens is 265 g/mol. The standard InChI is InChI=1S/C18H30FNO/c1-14(2)8-10-21-11-9-17(13-20-15(3)4)16-6-5-7-18(19)12-16/h5-7,12,14-15,17,20H,8-11,13H2,1-4H3. The van der Waals surface area contributed by atoms with Gasteiger partial charge in [0.1, 0.15) is 5.82 Å². The molecule has 1 N–H and O–H groups in total. The maximum atomic E-state index is 13.4. The SMILES string of the molecule is CC(C)CCOCCC(CNC(C)C)c1cccc(F)c1. The highest BCUT2D eigenvalue weighted by atomic mass is 19.1. The summed E-state index contributed by atoms with van der Waals surface area (Å²) in [5.41, 5.74) is 1.05. The van der Waals surface area contributed by atoms with Crippen molar-refractivity contribution in [3.63, 3.8) is 0 Å². The average molecular weight is 295 g/mol. The van der Waals surface area contributed by atoms with E-state index in [1.54, 1.807) is 12.1 Å². The van der Waals surface area contributed by atoms with Crippen LogP contribution >= 0.6 is 0 Å². The topological polar surface area (TPSA) is 21.3 Å². The largest absolute Gasteiger partial charge is 0.381 e. The molecule has 0 saturated heterocycles. The summed E-state index contributed by atoms with van der Waals surface area (Å²) in [5.74, 6) is 0.802. The number of halogens is 1. The fourth-order valence-electron chi connectivity index (χ4n) is 2.17. The molecule has 1 unspecified atom stereocenters. The molecule has 3 heteroatoms. The monoisotopic (exact) mass is 295 g/mol. The minimum absolute atomic E-state index is 0.164. The fourth-order valence-corrected chi connectivity index (χ4v) is 2.17. The first-order chi connectivity index (χ1) is 9.99. The summed E-state index contributed by atoms with van der Waals surface area (Å²) in [6.45, 7) is 11.0. The molecule has 0 aliphatic carbocycles. The maximum Gasteiger partial charge on any atom is 0.123 e. The summed E-state index contributed by atoms with van der Waals surface area (Å²) in [4.78, 5) is 0. The van der Waals surface area contributed by atoms with Gasteiger partial charge in [0.15, 0.2) is 0 Å². The maximum absolute atomic E-state index is 13.4. The van der Waals surface area contributed by atoms with Crippen molar-refractivity contribution >= 4 is 0 Å². The molecular formula is C18H30FNO. The van der Waals surface area contributed by atoms with Crippen molar-refractivity contribution in [1.82, 2.24) is 5.32 Å². The Bertz CT molecular complexity index is 393. The fraction of sp³-hybridized carbons (Fsp3) is 0.667. The van der Waals surface area contributed by atoms with Crippen LogP contribution in [0.4, 0.5) is 4.39 Å². The summed E-state index contributed by atoms with van der Waals surface area (Å²) in [7, 11) is 0. The molecule has 0 aliphatic rings. The molecule has 0 aliphatic heterocycles. The third kappa shape index (κ3) is 8.18. The molecule has 1 atom stereocenters. The van der Waals surface area contributed by atoms with Crippen molar-refractivity contribution in [3.05, 3.63) is 35.6 Å². The molecule has 0 aromatic heterocycles. The van der Waals surface area contributed by atoms with Crippen LogP contribution in [0.15, 0.2) is 24.3 Å². The summed E-state index contributed by atoms with van der Waals surface area (Å²) >= 11 is 0. The number of ether oxygens (including phenoxy) is 1. The lowest BCUT2D eigenvalue weighted by Crippen LogP contribution is -2.28. The third-order valence-corrected chi connectivity index (χ3v) is 3.54. The van der Waals surface area contributed by atoms with Crippen molar-refractivity contribution in [2.45, 2.75) is 52.5 Å². The number of benzene rings is 1. The minimum atomic E-state index is -0.164. The van der Waals surface area contributed by atoms with Crippen molar-refractivity contribution in [2.24, 2.45) is 5.92 Å². The molecule has 120 valence electrons. The van der Waals surface area contributed by atoms with E-state index < -0.39 is 0 Å². The van der Waals surface area contributed by atoms with Gasteiger partial charge in [-0.05, 0) is 42.4 Å². The number of rotatable bonds is 10. The van der Waals surface area contributed by atoms with Crippen LogP contribution in [0.1, 0.15) is 52.0 Å². The Labute approximate surface area is 129 Å². The Balaban J connectivity index is 2.48. The zero-order valence-corrected chi connectivity index (χ0v) is 13.9. The van der Waals surface area contributed by atoms with Crippen molar-refractivity contribution in [3.8, 4) is 0 Å². The van der Waals surface area contributed by atoms with E-state index in [0.717, 1.165) is 38.2 Å². The van der Waals surface area contributed by atoms with E-state index in [1.807, 2.05) is 6.07 Å². The number of hydrogen-bond donors (Lipinski definition) is 1. The lowest BCUT2D eigenvalue weighted by atomic mass is 9.95. The van der Waals surface area contributed by atoms with Crippen LogP contribution in [-0.4, -0.2) is 25.8 Å². The van der Waals surface area contributed by atoms with Gasteiger partial charge in [0.05, 0.1) is 0 Å². The summed E-state index contributed by atoms with van der Waals surface area (Å²) in [6.07, 6.45) is 2.01. The minimum Gasteiger partial charge on any atom is -0.381 e. The molecule has 0 heterocycles. The molecule has 0 spiro atoms. The van der Waals surface area contributed by atoms with Crippen LogP contribution in [0.5, 0.6) is 0 Å². The van der Waals surface area contributed by atoms with Gasteiger partial charge in [0.2, 0.25) is 0 Å². The molecule has 0 saturated carbocycles. The zero-order chi connectivity index (χ0) is 15.7. The molecule has 0 amide bonds.